The number of ether oxygens (including phenoxy) is 2. The van der Waals surface area contributed by atoms with Crippen LogP contribution in [0.4, 0.5) is 11.5 Å². The lowest BCUT2D eigenvalue weighted by atomic mass is 9.85. The maximum atomic E-state index is 13.8. The van der Waals surface area contributed by atoms with Gasteiger partial charge >= 0.3 is 0 Å². The van der Waals surface area contributed by atoms with E-state index in [9.17, 15) is 8.42 Å². The van der Waals surface area contributed by atoms with Gasteiger partial charge in [-0.05, 0) is 58.0 Å². The van der Waals surface area contributed by atoms with Gasteiger partial charge in [-0.25, -0.2) is 23.4 Å². The van der Waals surface area contributed by atoms with Gasteiger partial charge < -0.3 is 20.5 Å². The van der Waals surface area contributed by atoms with Crippen molar-refractivity contribution in [1.29, 1.82) is 0 Å². The molecule has 0 fully saturated rings. The van der Waals surface area contributed by atoms with Crippen LogP contribution in [0, 0.1) is 0 Å². The van der Waals surface area contributed by atoms with Crippen molar-refractivity contribution in [3.8, 4) is 11.6 Å². The third-order valence-corrected chi connectivity index (χ3v) is 11.0. The van der Waals surface area contributed by atoms with E-state index in [4.69, 9.17) is 20.2 Å². The fourth-order valence-corrected chi connectivity index (χ4v) is 7.79. The van der Waals surface area contributed by atoms with E-state index in [0.717, 1.165) is 5.69 Å². The lowest BCUT2D eigenvalue weighted by molar-refractivity contribution is 0.213. The topological polar surface area (TPSA) is 159 Å². The number of aromatic nitrogens is 5. The summed E-state index contributed by atoms with van der Waals surface area (Å²) in [6.07, 6.45) is 4.99. The van der Waals surface area contributed by atoms with Crippen molar-refractivity contribution in [2.75, 3.05) is 5.32 Å². The van der Waals surface area contributed by atoms with Crippen LogP contribution >= 0.6 is 0 Å². The maximum Gasteiger partial charge on any atom is 0.233 e. The number of anilines is 2. The number of benzene rings is 1. The molecule has 0 bridgehead atoms. The SMILES string of the molecule is C[C@H]1C[C@@H]2[C@](C)(N=C(N)C(C)(C)S2(=O)=O)c2cc(Nc3nccc4nc(OCc5ccn(C)n5)cnc34)ccc2O1. The highest BCUT2D eigenvalue weighted by Gasteiger charge is 2.58. The predicted octanol–water partition coefficient (Wildman–Crippen LogP) is 3.40. The summed E-state index contributed by atoms with van der Waals surface area (Å²) in [4.78, 5) is 18.4. The van der Waals surface area contributed by atoms with E-state index in [1.165, 1.54) is 0 Å². The summed E-state index contributed by atoms with van der Waals surface area (Å²) >= 11 is 0. The molecule has 214 valence electrons. The Hall–Kier alpha value is -4.26. The molecule has 2 aliphatic rings. The molecule has 2 aliphatic heterocycles. The number of hydrogen-bond donors (Lipinski definition) is 2. The average Bonchev–Trinajstić information content (AvgIpc) is 3.30. The number of pyridine rings is 1. The Morgan fingerprint density at radius 1 is 1.20 bits per heavy atom. The van der Waals surface area contributed by atoms with Crippen LogP contribution in [0.2, 0.25) is 0 Å². The summed E-state index contributed by atoms with van der Waals surface area (Å²) in [6.45, 7) is 7.18. The van der Waals surface area contributed by atoms with E-state index < -0.39 is 25.4 Å². The molecule has 0 radical (unpaired) electrons. The number of amidine groups is 1. The number of aliphatic imine (C=N–C) groups is 1. The largest absolute Gasteiger partial charge is 0.490 e. The minimum absolute atomic E-state index is 0.0854. The molecular weight excluding hydrogens is 544 g/mol. The van der Waals surface area contributed by atoms with Crippen LogP contribution in [0.25, 0.3) is 11.0 Å². The lowest BCUT2D eigenvalue weighted by Crippen LogP contribution is -2.60. The molecule has 3 N–H and O–H groups in total. The fraction of sp³-hybridized carbons (Fsp3) is 0.393. The number of fused-ring (bicyclic) bond motifs is 4. The maximum absolute atomic E-state index is 13.8. The molecule has 41 heavy (non-hydrogen) atoms. The van der Waals surface area contributed by atoms with Crippen LogP contribution in [-0.2, 0) is 29.0 Å². The second kappa shape index (κ2) is 9.40. The molecule has 0 saturated heterocycles. The van der Waals surface area contributed by atoms with Crippen LogP contribution in [0.3, 0.4) is 0 Å². The van der Waals surface area contributed by atoms with Crippen molar-refractivity contribution in [3.05, 3.63) is 60.2 Å². The highest BCUT2D eigenvalue weighted by Crippen LogP contribution is 2.49. The molecule has 13 heteroatoms. The fourth-order valence-electron chi connectivity index (χ4n) is 5.44. The molecule has 0 aliphatic carbocycles. The zero-order chi connectivity index (χ0) is 29.2. The predicted molar refractivity (Wildman–Crippen MR) is 155 cm³/mol. The summed E-state index contributed by atoms with van der Waals surface area (Å²) in [6, 6.07) is 9.15. The van der Waals surface area contributed by atoms with Crippen molar-refractivity contribution in [2.24, 2.45) is 17.8 Å². The quantitative estimate of drug-likeness (QED) is 0.360. The monoisotopic (exact) mass is 576 g/mol. The molecule has 0 unspecified atom stereocenters. The first-order valence-corrected chi connectivity index (χ1v) is 14.8. The van der Waals surface area contributed by atoms with Gasteiger partial charge in [-0.1, -0.05) is 0 Å². The molecule has 4 aromatic rings. The molecule has 5 heterocycles. The van der Waals surface area contributed by atoms with Gasteiger partial charge in [0.15, 0.2) is 15.7 Å². The summed E-state index contributed by atoms with van der Waals surface area (Å²) in [5.74, 6) is 1.51. The van der Waals surface area contributed by atoms with Gasteiger partial charge in [0.25, 0.3) is 0 Å². The minimum atomic E-state index is -3.70. The summed E-state index contributed by atoms with van der Waals surface area (Å²) in [5, 5.41) is 6.81. The van der Waals surface area contributed by atoms with Gasteiger partial charge in [-0.15, -0.1) is 0 Å². The smallest absolute Gasteiger partial charge is 0.233 e. The average molecular weight is 577 g/mol. The first kappa shape index (κ1) is 26.9. The van der Waals surface area contributed by atoms with E-state index in [-0.39, 0.29) is 18.5 Å². The van der Waals surface area contributed by atoms with Crippen LogP contribution < -0.4 is 20.5 Å². The Kier molecular flexibility index (Phi) is 6.18. The lowest BCUT2D eigenvalue weighted by Gasteiger charge is -2.43. The molecular formula is C28H32N8O4S. The Morgan fingerprint density at radius 3 is 2.76 bits per heavy atom. The Labute approximate surface area is 237 Å². The Bertz CT molecular complexity index is 1800. The van der Waals surface area contributed by atoms with Crippen LogP contribution in [-0.4, -0.2) is 55.1 Å². The third kappa shape index (κ3) is 4.44. The molecule has 3 atom stereocenters. The normalized spacial score (nSPS) is 24.4. The number of hydrogen-bond acceptors (Lipinski definition) is 11. The van der Waals surface area contributed by atoms with E-state index in [0.29, 0.717) is 46.2 Å². The zero-order valence-corrected chi connectivity index (χ0v) is 24.3. The Morgan fingerprint density at radius 2 is 2.00 bits per heavy atom. The van der Waals surface area contributed by atoms with Crippen molar-refractivity contribution in [3.63, 3.8) is 0 Å². The zero-order valence-electron chi connectivity index (χ0n) is 23.5. The molecule has 0 spiro atoms. The summed E-state index contributed by atoms with van der Waals surface area (Å²) in [7, 11) is -1.85. The third-order valence-electron chi connectivity index (χ3n) is 7.92. The molecule has 6 rings (SSSR count). The molecule has 1 aromatic carbocycles. The number of nitrogens with two attached hydrogens (primary N) is 1. The van der Waals surface area contributed by atoms with Gasteiger partial charge in [0, 0.05) is 37.1 Å². The minimum Gasteiger partial charge on any atom is -0.490 e. The van der Waals surface area contributed by atoms with Gasteiger partial charge in [0.2, 0.25) is 5.88 Å². The molecule has 3 aromatic heterocycles. The van der Waals surface area contributed by atoms with Crippen LogP contribution in [0.1, 0.15) is 45.4 Å². The van der Waals surface area contributed by atoms with Crippen LogP contribution in [0.15, 0.2) is 53.9 Å². The molecule has 12 nitrogen and oxygen atoms in total. The number of nitrogens with one attached hydrogen (secondary N) is 1. The molecule has 0 amide bonds. The Balaban J connectivity index is 1.35. The number of sulfone groups is 1. The molecule has 0 saturated carbocycles. The van der Waals surface area contributed by atoms with E-state index >= 15 is 0 Å². The number of nitrogens with zero attached hydrogens (tertiary/aromatic N) is 6. The van der Waals surface area contributed by atoms with Crippen molar-refractivity contribution >= 4 is 38.2 Å². The first-order chi connectivity index (χ1) is 19.4. The highest BCUT2D eigenvalue weighted by molar-refractivity contribution is 7.94. The van der Waals surface area contributed by atoms with Gasteiger partial charge in [0.05, 0.1) is 28.8 Å². The first-order valence-electron chi connectivity index (χ1n) is 13.3. The number of rotatable bonds is 5. The second-order valence-corrected chi connectivity index (χ2v) is 13.9. The van der Waals surface area contributed by atoms with Gasteiger partial charge in [0.1, 0.15) is 34.0 Å². The van der Waals surface area contributed by atoms with Crippen molar-refractivity contribution < 1.29 is 17.9 Å². The second-order valence-electron chi connectivity index (χ2n) is 11.2. The van der Waals surface area contributed by atoms with E-state index in [2.05, 4.69) is 25.4 Å². The van der Waals surface area contributed by atoms with E-state index in [1.54, 1.807) is 37.0 Å². The van der Waals surface area contributed by atoms with Crippen LogP contribution in [0.5, 0.6) is 11.6 Å². The summed E-state index contributed by atoms with van der Waals surface area (Å²) < 4.78 is 40.0. The standard InChI is InChI=1S/C28H32N8O4S/c1-16-12-22-28(4,34-26(29)27(2,3)41(22,37)38)19-13-17(6-7-21(19)40-16)32-25-24-20(8-10-30-25)33-23(14-31-24)39-15-18-9-11-36(5)35-18/h6-11,13-14,16,22H,12,15H2,1-5H3,(H2,29,34)(H,30,32)/t16-,22+,28+/m0/s1. The van der Waals surface area contributed by atoms with Crippen molar-refractivity contribution in [2.45, 2.75) is 62.4 Å². The highest BCUT2D eigenvalue weighted by atomic mass is 32.2. The van der Waals surface area contributed by atoms with Gasteiger partial charge in [-0.2, -0.15) is 5.10 Å². The summed E-state index contributed by atoms with van der Waals surface area (Å²) in [5.41, 5.74) is 8.37. The van der Waals surface area contributed by atoms with Crippen molar-refractivity contribution in [1.82, 2.24) is 24.7 Å². The number of aryl methyl sites for hydroxylation is 1. The van der Waals surface area contributed by atoms with E-state index in [1.807, 2.05) is 51.4 Å². The van der Waals surface area contributed by atoms with Gasteiger partial charge in [-0.3, -0.25) is 9.67 Å².